The number of rotatable bonds is 6. The Morgan fingerprint density at radius 1 is 1.50 bits per heavy atom. The fourth-order valence-corrected chi connectivity index (χ4v) is 1.82. The lowest BCUT2D eigenvalue weighted by molar-refractivity contribution is -0.112. The van der Waals surface area contributed by atoms with Gasteiger partial charge in [-0.15, -0.1) is 0 Å². The third-order valence-corrected chi connectivity index (χ3v) is 3.76. The summed E-state index contributed by atoms with van der Waals surface area (Å²) in [4.78, 5) is 11.2. The molecule has 0 aliphatic heterocycles. The number of hydrogen-bond donors (Lipinski definition) is 0. The molecule has 0 radical (unpaired) electrons. The average Bonchev–Trinajstić information content (AvgIpc) is 3.21. The number of benzene rings is 1. The van der Waals surface area contributed by atoms with Crippen molar-refractivity contribution in [1.82, 2.24) is 0 Å². The standard InChI is InChI=1S/C15H19FO2/c1-3-15(2,10-17)12-6-7-13(16)14(8-12)18-9-11-4-5-11/h6-8,10-11H,3-5,9H2,1-2H3. The molecule has 98 valence electrons. The summed E-state index contributed by atoms with van der Waals surface area (Å²) in [5, 5.41) is 0. The van der Waals surface area contributed by atoms with Crippen LogP contribution in [-0.4, -0.2) is 12.9 Å². The molecule has 0 heterocycles. The summed E-state index contributed by atoms with van der Waals surface area (Å²) in [5.74, 6) is 0.487. The highest BCUT2D eigenvalue weighted by Gasteiger charge is 2.26. The molecule has 0 aromatic heterocycles. The molecule has 1 fully saturated rings. The minimum Gasteiger partial charge on any atom is -0.490 e. The Labute approximate surface area is 107 Å². The SMILES string of the molecule is CCC(C)(C=O)c1ccc(F)c(OCC2CC2)c1. The molecule has 2 nitrogen and oxygen atoms in total. The summed E-state index contributed by atoms with van der Waals surface area (Å²) in [6.07, 6.45) is 3.94. The molecule has 0 bridgehead atoms. The molecule has 3 heteroatoms. The van der Waals surface area contributed by atoms with Gasteiger partial charge in [-0.25, -0.2) is 4.39 Å². The van der Waals surface area contributed by atoms with Crippen molar-refractivity contribution in [1.29, 1.82) is 0 Å². The summed E-state index contributed by atoms with van der Waals surface area (Å²) < 4.78 is 19.1. The molecule has 1 unspecified atom stereocenters. The van der Waals surface area contributed by atoms with Crippen LogP contribution in [0.4, 0.5) is 4.39 Å². The Bertz CT molecular complexity index is 440. The fraction of sp³-hybridized carbons (Fsp3) is 0.533. The lowest BCUT2D eigenvalue weighted by Gasteiger charge is -2.22. The molecule has 0 spiro atoms. The second kappa shape index (κ2) is 5.09. The smallest absolute Gasteiger partial charge is 0.165 e. The van der Waals surface area contributed by atoms with E-state index in [4.69, 9.17) is 4.74 Å². The van der Waals surface area contributed by atoms with E-state index in [2.05, 4.69) is 0 Å². The van der Waals surface area contributed by atoms with Gasteiger partial charge in [0.1, 0.15) is 6.29 Å². The molecular weight excluding hydrogens is 231 g/mol. The van der Waals surface area contributed by atoms with Crippen LogP contribution in [0.1, 0.15) is 38.7 Å². The molecule has 1 aromatic carbocycles. The second-order valence-corrected chi connectivity index (χ2v) is 5.29. The molecule has 0 saturated heterocycles. The van der Waals surface area contributed by atoms with Crippen molar-refractivity contribution in [2.75, 3.05) is 6.61 Å². The van der Waals surface area contributed by atoms with Crippen LogP contribution in [0.15, 0.2) is 18.2 Å². The van der Waals surface area contributed by atoms with Crippen LogP contribution in [-0.2, 0) is 10.2 Å². The Balaban J connectivity index is 2.21. The number of aldehydes is 1. The topological polar surface area (TPSA) is 26.3 Å². The van der Waals surface area contributed by atoms with Crippen molar-refractivity contribution in [3.05, 3.63) is 29.6 Å². The van der Waals surface area contributed by atoms with Crippen LogP contribution < -0.4 is 4.74 Å². The van der Waals surface area contributed by atoms with E-state index in [9.17, 15) is 9.18 Å². The van der Waals surface area contributed by atoms with E-state index in [1.807, 2.05) is 13.8 Å². The first kappa shape index (κ1) is 13.1. The van der Waals surface area contributed by atoms with E-state index in [0.29, 0.717) is 18.9 Å². The van der Waals surface area contributed by atoms with Gasteiger partial charge < -0.3 is 9.53 Å². The van der Waals surface area contributed by atoms with Gasteiger partial charge in [0.2, 0.25) is 0 Å². The molecule has 1 saturated carbocycles. The number of carbonyl (C=O) groups excluding carboxylic acids is 1. The lowest BCUT2D eigenvalue weighted by Crippen LogP contribution is -2.22. The first-order valence-electron chi connectivity index (χ1n) is 6.48. The number of halogens is 1. The summed E-state index contributed by atoms with van der Waals surface area (Å²) in [7, 11) is 0. The third-order valence-electron chi connectivity index (χ3n) is 3.76. The zero-order valence-electron chi connectivity index (χ0n) is 10.9. The van der Waals surface area contributed by atoms with Gasteiger partial charge in [-0.05, 0) is 49.8 Å². The molecule has 2 rings (SSSR count). The monoisotopic (exact) mass is 250 g/mol. The lowest BCUT2D eigenvalue weighted by atomic mass is 9.81. The van der Waals surface area contributed by atoms with Crippen molar-refractivity contribution in [3.8, 4) is 5.75 Å². The van der Waals surface area contributed by atoms with Gasteiger partial charge in [-0.2, -0.15) is 0 Å². The van der Waals surface area contributed by atoms with Crippen molar-refractivity contribution in [2.24, 2.45) is 5.92 Å². The fourth-order valence-electron chi connectivity index (χ4n) is 1.82. The zero-order chi connectivity index (χ0) is 13.2. The van der Waals surface area contributed by atoms with E-state index in [-0.39, 0.29) is 11.6 Å². The summed E-state index contributed by atoms with van der Waals surface area (Å²) in [6, 6.07) is 4.71. The second-order valence-electron chi connectivity index (χ2n) is 5.29. The molecule has 1 atom stereocenters. The van der Waals surface area contributed by atoms with Gasteiger partial charge in [-0.1, -0.05) is 13.0 Å². The van der Waals surface area contributed by atoms with E-state index in [1.54, 1.807) is 12.1 Å². The van der Waals surface area contributed by atoms with Crippen LogP contribution in [0.3, 0.4) is 0 Å². The first-order valence-corrected chi connectivity index (χ1v) is 6.48. The molecule has 1 aromatic rings. The van der Waals surface area contributed by atoms with Crippen molar-refractivity contribution in [3.63, 3.8) is 0 Å². The Kier molecular flexibility index (Phi) is 3.69. The number of hydrogen-bond acceptors (Lipinski definition) is 2. The third kappa shape index (κ3) is 2.71. The number of ether oxygens (including phenoxy) is 1. The highest BCUT2D eigenvalue weighted by molar-refractivity contribution is 5.68. The van der Waals surface area contributed by atoms with Gasteiger partial charge >= 0.3 is 0 Å². The first-order chi connectivity index (χ1) is 8.59. The Hall–Kier alpha value is -1.38. The van der Waals surface area contributed by atoms with E-state index < -0.39 is 5.41 Å². The van der Waals surface area contributed by atoms with Crippen LogP contribution >= 0.6 is 0 Å². The molecular formula is C15H19FO2. The molecule has 18 heavy (non-hydrogen) atoms. The summed E-state index contributed by atoms with van der Waals surface area (Å²) in [6.45, 7) is 4.38. The van der Waals surface area contributed by atoms with Crippen molar-refractivity contribution >= 4 is 6.29 Å². The van der Waals surface area contributed by atoms with Crippen molar-refractivity contribution < 1.29 is 13.9 Å². The maximum absolute atomic E-state index is 13.6. The van der Waals surface area contributed by atoms with Gasteiger partial charge in [0.25, 0.3) is 0 Å². The van der Waals surface area contributed by atoms with Crippen LogP contribution in [0.25, 0.3) is 0 Å². The highest BCUT2D eigenvalue weighted by atomic mass is 19.1. The van der Waals surface area contributed by atoms with Crippen LogP contribution in [0.5, 0.6) is 5.75 Å². The van der Waals surface area contributed by atoms with Gasteiger partial charge in [-0.3, -0.25) is 0 Å². The maximum atomic E-state index is 13.6. The molecule has 1 aliphatic carbocycles. The predicted octanol–water partition coefficient (Wildman–Crippen LogP) is 3.48. The van der Waals surface area contributed by atoms with E-state index in [1.165, 1.54) is 18.9 Å². The summed E-state index contributed by atoms with van der Waals surface area (Å²) >= 11 is 0. The zero-order valence-corrected chi connectivity index (χ0v) is 10.9. The minimum absolute atomic E-state index is 0.265. The Morgan fingerprint density at radius 2 is 2.22 bits per heavy atom. The quantitative estimate of drug-likeness (QED) is 0.722. The van der Waals surface area contributed by atoms with Gasteiger partial charge in [0.15, 0.2) is 11.6 Å². The Morgan fingerprint density at radius 3 is 2.78 bits per heavy atom. The predicted molar refractivity (Wildman–Crippen MR) is 68.3 cm³/mol. The van der Waals surface area contributed by atoms with Crippen LogP contribution in [0.2, 0.25) is 0 Å². The molecule has 0 N–H and O–H groups in total. The molecule has 0 amide bonds. The average molecular weight is 250 g/mol. The normalized spacial score (nSPS) is 18.2. The van der Waals surface area contributed by atoms with E-state index >= 15 is 0 Å². The largest absolute Gasteiger partial charge is 0.490 e. The minimum atomic E-state index is -0.564. The molecule has 1 aliphatic rings. The number of carbonyl (C=O) groups is 1. The van der Waals surface area contributed by atoms with Gasteiger partial charge in [0.05, 0.1) is 6.61 Å². The summed E-state index contributed by atoms with van der Waals surface area (Å²) in [5.41, 5.74) is 0.248. The van der Waals surface area contributed by atoms with Crippen molar-refractivity contribution in [2.45, 2.75) is 38.5 Å². The van der Waals surface area contributed by atoms with Crippen LogP contribution in [0, 0.1) is 11.7 Å². The van der Waals surface area contributed by atoms with E-state index in [0.717, 1.165) is 11.8 Å². The maximum Gasteiger partial charge on any atom is 0.165 e. The highest BCUT2D eigenvalue weighted by Crippen LogP contribution is 2.32. The van der Waals surface area contributed by atoms with Gasteiger partial charge in [0, 0.05) is 5.41 Å².